The van der Waals surface area contributed by atoms with Gasteiger partial charge in [-0.15, -0.1) is 0 Å². The van der Waals surface area contributed by atoms with Gasteiger partial charge in [-0.1, -0.05) is 26.3 Å². The molecule has 0 aromatic heterocycles. The van der Waals surface area contributed by atoms with Crippen molar-refractivity contribution in [3.63, 3.8) is 0 Å². The summed E-state index contributed by atoms with van der Waals surface area (Å²) < 4.78 is 0. The van der Waals surface area contributed by atoms with E-state index in [1.807, 2.05) is 0 Å². The first kappa shape index (κ1) is 8.41. The van der Waals surface area contributed by atoms with Gasteiger partial charge in [0.25, 0.3) is 0 Å². The lowest BCUT2D eigenvalue weighted by Crippen LogP contribution is -1.81. The molecule has 0 amide bonds. The van der Waals surface area contributed by atoms with Gasteiger partial charge in [-0.25, -0.2) is 0 Å². The van der Waals surface area contributed by atoms with E-state index in [1.54, 1.807) is 0 Å². The van der Waals surface area contributed by atoms with Crippen LogP contribution in [0.4, 0.5) is 0 Å². The van der Waals surface area contributed by atoms with E-state index in [2.05, 4.69) is 19.9 Å². The van der Waals surface area contributed by atoms with Crippen LogP contribution in [0.25, 0.3) is 0 Å². The van der Waals surface area contributed by atoms with Crippen molar-refractivity contribution in [2.45, 2.75) is 33.1 Å². The molecule has 0 aliphatic heterocycles. The molecule has 0 aromatic carbocycles. The summed E-state index contributed by atoms with van der Waals surface area (Å²) in [6.07, 6.45) is 6.80. The Morgan fingerprint density at radius 1 is 1.44 bits per heavy atom. The third-order valence-corrected chi connectivity index (χ3v) is 1.19. The molecule has 0 fully saturated rings. The molecular weight excluding hydrogens is 110 g/mol. The van der Waals surface area contributed by atoms with Crippen LogP contribution in [0.2, 0.25) is 0 Å². The Hall–Kier alpha value is -0.590. The van der Waals surface area contributed by atoms with E-state index >= 15 is 0 Å². The summed E-state index contributed by atoms with van der Waals surface area (Å²) in [7, 11) is 0. The zero-order valence-electron chi connectivity index (χ0n) is 6.28. The summed E-state index contributed by atoms with van der Waals surface area (Å²) in [6.45, 7) is 4.23. The van der Waals surface area contributed by atoms with E-state index in [4.69, 9.17) is 5.41 Å². The van der Waals surface area contributed by atoms with Crippen LogP contribution in [-0.2, 0) is 0 Å². The van der Waals surface area contributed by atoms with Gasteiger partial charge in [0.2, 0.25) is 0 Å². The molecular formula is C8H15N. The summed E-state index contributed by atoms with van der Waals surface area (Å²) in [5.74, 6) is 0. The van der Waals surface area contributed by atoms with Crippen LogP contribution in [0.1, 0.15) is 33.1 Å². The van der Waals surface area contributed by atoms with Crippen LogP contribution < -0.4 is 0 Å². The summed E-state index contributed by atoms with van der Waals surface area (Å²) in [5, 5.41) is 6.97. The fourth-order valence-corrected chi connectivity index (χ4v) is 0.784. The van der Waals surface area contributed by atoms with Crippen molar-refractivity contribution in [2.24, 2.45) is 0 Å². The van der Waals surface area contributed by atoms with Gasteiger partial charge in [-0.05, 0) is 18.4 Å². The highest BCUT2D eigenvalue weighted by molar-refractivity contribution is 5.75. The van der Waals surface area contributed by atoms with E-state index in [-0.39, 0.29) is 0 Å². The average molecular weight is 125 g/mol. The van der Waals surface area contributed by atoms with E-state index in [9.17, 15) is 0 Å². The van der Waals surface area contributed by atoms with E-state index < -0.39 is 0 Å². The highest BCUT2D eigenvalue weighted by Gasteiger charge is 1.86. The molecule has 0 saturated heterocycles. The Bertz CT molecular complexity index is 103. The molecule has 9 heavy (non-hydrogen) atoms. The quantitative estimate of drug-likeness (QED) is 0.559. The Morgan fingerprint density at radius 3 is 2.44 bits per heavy atom. The molecule has 1 nitrogen and oxygen atoms in total. The predicted octanol–water partition coefficient (Wildman–Crippen LogP) is 2.77. The van der Waals surface area contributed by atoms with Crippen molar-refractivity contribution >= 4 is 6.21 Å². The van der Waals surface area contributed by atoms with Gasteiger partial charge in [0.05, 0.1) is 0 Å². The van der Waals surface area contributed by atoms with Crippen LogP contribution >= 0.6 is 0 Å². The maximum absolute atomic E-state index is 6.97. The molecule has 0 spiro atoms. The Kier molecular flexibility index (Phi) is 5.18. The van der Waals surface area contributed by atoms with Crippen LogP contribution in [-0.4, -0.2) is 6.21 Å². The topological polar surface area (TPSA) is 23.9 Å². The van der Waals surface area contributed by atoms with E-state index in [1.165, 1.54) is 11.8 Å². The maximum Gasteiger partial charge on any atom is 0.0206 e. The van der Waals surface area contributed by atoms with Crippen LogP contribution in [0.5, 0.6) is 0 Å². The lowest BCUT2D eigenvalue weighted by Gasteiger charge is -1.94. The van der Waals surface area contributed by atoms with Crippen molar-refractivity contribution < 1.29 is 0 Å². The van der Waals surface area contributed by atoms with Gasteiger partial charge in [-0.2, -0.15) is 0 Å². The zero-order chi connectivity index (χ0) is 7.11. The molecule has 0 heterocycles. The van der Waals surface area contributed by atoms with Gasteiger partial charge in [0.15, 0.2) is 0 Å². The van der Waals surface area contributed by atoms with Crippen molar-refractivity contribution in [3.05, 3.63) is 11.6 Å². The largest absolute Gasteiger partial charge is 0.308 e. The zero-order valence-corrected chi connectivity index (χ0v) is 6.28. The molecule has 0 aromatic rings. The first-order chi connectivity index (χ1) is 4.35. The monoisotopic (exact) mass is 125 g/mol. The summed E-state index contributed by atoms with van der Waals surface area (Å²) in [6, 6.07) is 0. The second kappa shape index (κ2) is 5.54. The first-order valence-corrected chi connectivity index (χ1v) is 3.54. The molecule has 0 aliphatic rings. The number of allylic oxidation sites excluding steroid dienone is 2. The van der Waals surface area contributed by atoms with Gasteiger partial charge < -0.3 is 5.41 Å². The van der Waals surface area contributed by atoms with Crippen LogP contribution in [0.15, 0.2) is 11.6 Å². The second-order valence-corrected chi connectivity index (χ2v) is 2.08. The van der Waals surface area contributed by atoms with Crippen molar-refractivity contribution in [3.8, 4) is 0 Å². The fourth-order valence-electron chi connectivity index (χ4n) is 0.784. The van der Waals surface area contributed by atoms with Crippen molar-refractivity contribution in [1.29, 1.82) is 5.41 Å². The molecule has 0 radical (unpaired) electrons. The van der Waals surface area contributed by atoms with Crippen LogP contribution in [0, 0.1) is 5.41 Å². The molecule has 0 bridgehead atoms. The summed E-state index contributed by atoms with van der Waals surface area (Å²) in [4.78, 5) is 0. The molecule has 52 valence electrons. The molecule has 0 unspecified atom stereocenters. The molecule has 0 aliphatic carbocycles. The Balaban J connectivity index is 3.66. The molecule has 1 heteroatoms. The third kappa shape index (κ3) is 3.95. The second-order valence-electron chi connectivity index (χ2n) is 2.08. The Morgan fingerprint density at radius 2 is 2.11 bits per heavy atom. The third-order valence-electron chi connectivity index (χ3n) is 1.19. The highest BCUT2D eigenvalue weighted by Crippen LogP contribution is 2.01. The first-order valence-electron chi connectivity index (χ1n) is 3.54. The predicted molar refractivity (Wildman–Crippen MR) is 42.1 cm³/mol. The van der Waals surface area contributed by atoms with E-state index in [0.717, 1.165) is 19.3 Å². The van der Waals surface area contributed by atoms with Crippen LogP contribution in [0.3, 0.4) is 0 Å². The molecule has 0 atom stereocenters. The van der Waals surface area contributed by atoms with Gasteiger partial charge in [-0.3, -0.25) is 0 Å². The van der Waals surface area contributed by atoms with Crippen molar-refractivity contribution in [1.82, 2.24) is 0 Å². The lowest BCUT2D eigenvalue weighted by atomic mass is 10.1. The lowest BCUT2D eigenvalue weighted by molar-refractivity contribution is 0.930. The minimum absolute atomic E-state index is 1.05. The molecule has 0 saturated carbocycles. The van der Waals surface area contributed by atoms with Gasteiger partial charge >= 0.3 is 0 Å². The van der Waals surface area contributed by atoms with E-state index in [0.29, 0.717) is 0 Å². The summed E-state index contributed by atoms with van der Waals surface area (Å²) >= 11 is 0. The fraction of sp³-hybridized carbons (Fsp3) is 0.625. The normalized spacial score (nSPS) is 11.6. The Labute approximate surface area is 57.3 Å². The SMILES string of the molecule is CC/C=C(\C=N)CCC. The maximum atomic E-state index is 6.97. The van der Waals surface area contributed by atoms with Crippen molar-refractivity contribution in [2.75, 3.05) is 0 Å². The standard InChI is InChI=1S/C8H15N/c1-3-5-8(7-9)6-4-2/h5,7,9H,3-4,6H2,1-2H3/b8-5-,9-7?. The number of rotatable bonds is 4. The number of hydrogen-bond donors (Lipinski definition) is 1. The minimum atomic E-state index is 1.05. The van der Waals surface area contributed by atoms with Gasteiger partial charge in [0, 0.05) is 6.21 Å². The highest BCUT2D eigenvalue weighted by atomic mass is 14.3. The minimum Gasteiger partial charge on any atom is -0.308 e. The molecule has 0 rings (SSSR count). The average Bonchev–Trinajstić information content (AvgIpc) is 1.88. The van der Waals surface area contributed by atoms with Gasteiger partial charge in [0.1, 0.15) is 0 Å². The number of hydrogen-bond acceptors (Lipinski definition) is 1. The molecule has 1 N–H and O–H groups in total. The smallest absolute Gasteiger partial charge is 0.0206 e. The number of nitrogens with one attached hydrogen (secondary N) is 1. The summed E-state index contributed by atoms with van der Waals surface area (Å²) in [5.41, 5.74) is 1.17.